The summed E-state index contributed by atoms with van der Waals surface area (Å²) < 4.78 is 17.6. The summed E-state index contributed by atoms with van der Waals surface area (Å²) in [6.45, 7) is 2.09. The Kier molecular flexibility index (Phi) is 4.63. The fourth-order valence-corrected chi connectivity index (χ4v) is 4.53. The normalized spacial score (nSPS) is 11.2. The van der Waals surface area contributed by atoms with Crippen LogP contribution in [0.4, 0.5) is 4.39 Å². The van der Waals surface area contributed by atoms with E-state index in [0.29, 0.717) is 20.0 Å². The summed E-state index contributed by atoms with van der Waals surface area (Å²) in [4.78, 5) is 16.2. The third-order valence-electron chi connectivity index (χ3n) is 4.32. The lowest BCUT2D eigenvalue weighted by Crippen LogP contribution is -2.20. The molecular weight excluding hydrogens is 401 g/mol. The maximum atomic E-state index is 13.2. The van der Waals surface area contributed by atoms with Crippen molar-refractivity contribution < 1.29 is 4.39 Å². The average Bonchev–Trinajstić information content (AvgIpc) is 2.99. The van der Waals surface area contributed by atoms with E-state index in [1.54, 1.807) is 0 Å². The fraction of sp³-hybridized carbons (Fsp3) is 0.105. The Morgan fingerprint density at radius 1 is 1.00 bits per heavy atom. The number of thiazole rings is 1. The summed E-state index contributed by atoms with van der Waals surface area (Å²) in [6.07, 6.45) is 0.945. The van der Waals surface area contributed by atoms with Crippen molar-refractivity contribution in [3.63, 3.8) is 0 Å². The van der Waals surface area contributed by atoms with Gasteiger partial charge in [-0.05, 0) is 72.8 Å². The van der Waals surface area contributed by atoms with Crippen molar-refractivity contribution in [3.8, 4) is 11.4 Å². The number of aryl methyl sites for hydroxylation is 1. The highest BCUT2D eigenvalue weighted by molar-refractivity contribution is 7.73. The van der Waals surface area contributed by atoms with Crippen molar-refractivity contribution in [2.24, 2.45) is 0 Å². The summed E-state index contributed by atoms with van der Waals surface area (Å²) in [5, 5.41) is 0. The predicted molar refractivity (Wildman–Crippen MR) is 112 cm³/mol. The maximum absolute atomic E-state index is 13.2. The smallest absolute Gasteiger partial charge is 0.278 e. The molecule has 0 unspecified atom stereocenters. The number of rotatable bonds is 3. The average molecular weight is 416 g/mol. The molecule has 2 heterocycles. The second-order valence-corrected chi connectivity index (χ2v) is 7.98. The standard InChI is InChI=1S/C19H14FN3OS3/c1-2-11-3-7-13(8-4-11)22-16-15(27-19(22)26)17(24)23(18(25)21-16)14-9-5-12(20)6-10-14/h3-10H,2H2,1H3,(H,21,25). The van der Waals surface area contributed by atoms with E-state index < -0.39 is 0 Å². The predicted octanol–water partition coefficient (Wildman–Crippen LogP) is 5.33. The van der Waals surface area contributed by atoms with Gasteiger partial charge in [0.25, 0.3) is 5.56 Å². The van der Waals surface area contributed by atoms with Gasteiger partial charge >= 0.3 is 0 Å². The molecule has 0 spiro atoms. The second kappa shape index (κ2) is 6.95. The van der Waals surface area contributed by atoms with Crippen molar-refractivity contribution in [3.05, 3.63) is 79.0 Å². The Bertz CT molecular complexity index is 1310. The third kappa shape index (κ3) is 3.09. The Hall–Kier alpha value is -2.42. The summed E-state index contributed by atoms with van der Waals surface area (Å²) >= 11 is 12.1. The fourth-order valence-electron chi connectivity index (χ4n) is 2.92. The van der Waals surface area contributed by atoms with Gasteiger partial charge in [-0.15, -0.1) is 0 Å². The molecule has 2 aromatic carbocycles. The quantitative estimate of drug-likeness (QED) is 0.460. The van der Waals surface area contributed by atoms with Crippen LogP contribution in [0, 0.1) is 14.5 Å². The highest BCUT2D eigenvalue weighted by Crippen LogP contribution is 2.24. The van der Waals surface area contributed by atoms with Gasteiger partial charge in [-0.1, -0.05) is 30.4 Å². The lowest BCUT2D eigenvalue weighted by Gasteiger charge is -2.09. The Labute approximate surface area is 168 Å². The zero-order valence-corrected chi connectivity index (χ0v) is 16.7. The summed E-state index contributed by atoms with van der Waals surface area (Å²) in [6, 6.07) is 13.7. The highest BCUT2D eigenvalue weighted by atomic mass is 32.1. The molecule has 4 rings (SSSR count). The van der Waals surface area contributed by atoms with Gasteiger partial charge in [0, 0.05) is 5.69 Å². The van der Waals surface area contributed by atoms with E-state index in [0.717, 1.165) is 12.1 Å². The molecule has 8 heteroatoms. The minimum atomic E-state index is -0.375. The van der Waals surface area contributed by atoms with Gasteiger partial charge in [-0.25, -0.2) is 4.39 Å². The minimum Gasteiger partial charge on any atom is -0.316 e. The zero-order chi connectivity index (χ0) is 19.1. The first kappa shape index (κ1) is 18.0. The van der Waals surface area contributed by atoms with Crippen LogP contribution in [-0.4, -0.2) is 14.1 Å². The largest absolute Gasteiger partial charge is 0.316 e. The van der Waals surface area contributed by atoms with E-state index in [2.05, 4.69) is 11.9 Å². The molecule has 0 saturated heterocycles. The molecule has 0 amide bonds. The molecule has 0 aliphatic heterocycles. The number of H-pyrrole nitrogens is 1. The number of hydrogen-bond donors (Lipinski definition) is 1. The lowest BCUT2D eigenvalue weighted by atomic mass is 10.1. The van der Waals surface area contributed by atoms with Crippen LogP contribution >= 0.6 is 35.8 Å². The van der Waals surface area contributed by atoms with Gasteiger partial charge in [-0.3, -0.25) is 13.9 Å². The van der Waals surface area contributed by atoms with Crippen LogP contribution in [0.25, 0.3) is 21.7 Å². The molecule has 27 heavy (non-hydrogen) atoms. The first-order chi connectivity index (χ1) is 13.0. The van der Waals surface area contributed by atoms with Crippen molar-refractivity contribution in [1.82, 2.24) is 14.1 Å². The van der Waals surface area contributed by atoms with Crippen molar-refractivity contribution >= 4 is 46.1 Å². The van der Waals surface area contributed by atoms with Gasteiger partial charge in [0.2, 0.25) is 0 Å². The Morgan fingerprint density at radius 2 is 1.59 bits per heavy atom. The summed E-state index contributed by atoms with van der Waals surface area (Å²) in [5.74, 6) is -0.375. The van der Waals surface area contributed by atoms with Crippen molar-refractivity contribution in [2.75, 3.05) is 0 Å². The number of benzene rings is 2. The molecule has 0 fully saturated rings. The van der Waals surface area contributed by atoms with Crippen molar-refractivity contribution in [2.45, 2.75) is 13.3 Å². The molecule has 4 nitrogen and oxygen atoms in total. The number of nitrogens with zero attached hydrogens (tertiary/aromatic N) is 2. The Morgan fingerprint density at radius 3 is 2.22 bits per heavy atom. The molecule has 0 aliphatic carbocycles. The number of aromatic amines is 1. The molecule has 0 bridgehead atoms. The van der Waals surface area contributed by atoms with Gasteiger partial charge < -0.3 is 4.98 Å². The molecule has 0 saturated carbocycles. The summed E-state index contributed by atoms with van der Waals surface area (Å²) in [7, 11) is 0. The van der Waals surface area contributed by atoms with E-state index in [1.165, 1.54) is 45.7 Å². The summed E-state index contributed by atoms with van der Waals surface area (Å²) in [5.41, 5.74) is 2.88. The molecule has 136 valence electrons. The molecular formula is C19H14FN3OS3. The molecule has 0 atom stereocenters. The molecule has 0 radical (unpaired) electrons. The first-order valence-electron chi connectivity index (χ1n) is 8.25. The third-order valence-corrected chi connectivity index (χ3v) is 5.97. The number of halogens is 1. The monoisotopic (exact) mass is 415 g/mol. The van der Waals surface area contributed by atoms with Crippen LogP contribution in [0.3, 0.4) is 0 Å². The van der Waals surface area contributed by atoms with Crippen LogP contribution in [-0.2, 0) is 6.42 Å². The molecule has 2 aromatic heterocycles. The number of fused-ring (bicyclic) bond motifs is 1. The molecule has 1 N–H and O–H groups in total. The van der Waals surface area contributed by atoms with Gasteiger partial charge in [0.15, 0.2) is 8.73 Å². The molecule has 4 aromatic rings. The molecule has 0 aliphatic rings. The first-order valence-corrected chi connectivity index (χ1v) is 9.89. The van der Waals surface area contributed by atoms with E-state index in [4.69, 9.17) is 24.4 Å². The topological polar surface area (TPSA) is 42.7 Å². The van der Waals surface area contributed by atoms with E-state index in [9.17, 15) is 9.18 Å². The maximum Gasteiger partial charge on any atom is 0.278 e. The van der Waals surface area contributed by atoms with Crippen LogP contribution in [0.15, 0.2) is 53.3 Å². The van der Waals surface area contributed by atoms with Gasteiger partial charge in [0.1, 0.15) is 16.2 Å². The zero-order valence-electron chi connectivity index (χ0n) is 14.2. The number of hydrogen-bond acceptors (Lipinski definition) is 4. The Balaban J connectivity index is 1.98. The van der Waals surface area contributed by atoms with Crippen LogP contribution in [0.5, 0.6) is 0 Å². The van der Waals surface area contributed by atoms with Crippen LogP contribution in [0.1, 0.15) is 12.5 Å². The van der Waals surface area contributed by atoms with Crippen LogP contribution in [0.2, 0.25) is 0 Å². The van der Waals surface area contributed by atoms with Crippen molar-refractivity contribution in [1.29, 1.82) is 0 Å². The van der Waals surface area contributed by atoms with Gasteiger partial charge in [0.05, 0.1) is 5.69 Å². The van der Waals surface area contributed by atoms with E-state index in [1.807, 2.05) is 28.8 Å². The SMILES string of the molecule is CCc1ccc(-n2c(=S)sc3c(=O)n(-c4ccc(F)cc4)c(=S)[nH]c32)cc1. The lowest BCUT2D eigenvalue weighted by molar-refractivity contribution is 0.627. The number of nitrogens with one attached hydrogen (secondary N) is 1. The second-order valence-electron chi connectivity index (χ2n) is 5.95. The van der Waals surface area contributed by atoms with E-state index in [-0.39, 0.29) is 16.1 Å². The van der Waals surface area contributed by atoms with E-state index >= 15 is 0 Å². The van der Waals surface area contributed by atoms with Crippen LogP contribution < -0.4 is 5.56 Å². The highest BCUT2D eigenvalue weighted by Gasteiger charge is 2.15. The van der Waals surface area contributed by atoms with Gasteiger partial charge in [-0.2, -0.15) is 0 Å². The minimum absolute atomic E-state index is 0.228. The number of aromatic nitrogens is 3.